The number of rotatable bonds is 8. The number of aliphatic hydroxyl groups excluding tert-OH is 1. The quantitative estimate of drug-likeness (QED) is 0.748. The molecule has 0 amide bonds. The standard InChI is InChI=1S/C17H20O3/c18-12-4-5-13-19-16-8-10-17(11-9-16)20-14-15-6-2-1-3-7-15/h1-3,6-11,18H,4-5,12-14H2. The van der Waals surface area contributed by atoms with Crippen LogP contribution in [0.4, 0.5) is 0 Å². The molecule has 2 aromatic rings. The largest absolute Gasteiger partial charge is 0.494 e. The SMILES string of the molecule is OCCCCOc1ccc(OCc2ccccc2)cc1. The van der Waals surface area contributed by atoms with Gasteiger partial charge in [-0.05, 0) is 42.7 Å². The van der Waals surface area contributed by atoms with Gasteiger partial charge in [-0.3, -0.25) is 0 Å². The molecule has 3 nitrogen and oxygen atoms in total. The van der Waals surface area contributed by atoms with Gasteiger partial charge < -0.3 is 14.6 Å². The lowest BCUT2D eigenvalue weighted by Crippen LogP contribution is -1.99. The summed E-state index contributed by atoms with van der Waals surface area (Å²) in [4.78, 5) is 0. The van der Waals surface area contributed by atoms with Crippen LogP contribution in [0.2, 0.25) is 0 Å². The summed E-state index contributed by atoms with van der Waals surface area (Å²) in [6, 6.07) is 17.7. The van der Waals surface area contributed by atoms with Gasteiger partial charge >= 0.3 is 0 Å². The first kappa shape index (κ1) is 14.4. The van der Waals surface area contributed by atoms with Crippen LogP contribution in [0.1, 0.15) is 18.4 Å². The first-order valence-electron chi connectivity index (χ1n) is 6.89. The fraction of sp³-hybridized carbons (Fsp3) is 0.294. The zero-order chi connectivity index (χ0) is 14.0. The molecule has 0 aliphatic carbocycles. The van der Waals surface area contributed by atoms with Crippen LogP contribution in [0.5, 0.6) is 11.5 Å². The van der Waals surface area contributed by atoms with Crippen LogP contribution in [0, 0.1) is 0 Å². The molecule has 0 saturated carbocycles. The highest BCUT2D eigenvalue weighted by Gasteiger charge is 1.97. The van der Waals surface area contributed by atoms with Crippen molar-refractivity contribution in [1.29, 1.82) is 0 Å². The normalized spacial score (nSPS) is 10.2. The molecule has 0 atom stereocenters. The summed E-state index contributed by atoms with van der Waals surface area (Å²) in [6.07, 6.45) is 1.64. The zero-order valence-corrected chi connectivity index (χ0v) is 11.5. The Morgan fingerprint density at radius 2 is 1.40 bits per heavy atom. The second-order valence-corrected chi connectivity index (χ2v) is 4.52. The third kappa shape index (κ3) is 4.94. The lowest BCUT2D eigenvalue weighted by Gasteiger charge is -2.08. The number of aliphatic hydroxyl groups is 1. The van der Waals surface area contributed by atoms with E-state index in [-0.39, 0.29) is 6.61 Å². The summed E-state index contributed by atoms with van der Waals surface area (Å²) in [5.41, 5.74) is 1.15. The van der Waals surface area contributed by atoms with Gasteiger partial charge in [-0.1, -0.05) is 30.3 Å². The van der Waals surface area contributed by atoms with Crippen molar-refractivity contribution in [2.24, 2.45) is 0 Å². The fourth-order valence-electron chi connectivity index (χ4n) is 1.78. The molecule has 0 unspecified atom stereocenters. The molecule has 0 spiro atoms. The maximum Gasteiger partial charge on any atom is 0.120 e. The molecule has 0 fully saturated rings. The molecule has 0 bridgehead atoms. The first-order valence-corrected chi connectivity index (χ1v) is 6.89. The number of benzene rings is 2. The van der Waals surface area contributed by atoms with Crippen LogP contribution < -0.4 is 9.47 Å². The van der Waals surface area contributed by atoms with E-state index in [4.69, 9.17) is 14.6 Å². The molecule has 2 rings (SSSR count). The van der Waals surface area contributed by atoms with Crippen LogP contribution in [-0.2, 0) is 6.61 Å². The molecule has 0 aromatic heterocycles. The van der Waals surface area contributed by atoms with Crippen molar-refractivity contribution in [1.82, 2.24) is 0 Å². The molecular weight excluding hydrogens is 252 g/mol. The number of unbranched alkanes of at least 4 members (excludes halogenated alkanes) is 1. The van der Waals surface area contributed by atoms with Gasteiger partial charge in [-0.15, -0.1) is 0 Å². The third-order valence-electron chi connectivity index (χ3n) is 2.89. The number of ether oxygens (including phenoxy) is 2. The van der Waals surface area contributed by atoms with Gasteiger partial charge in [0.2, 0.25) is 0 Å². The molecule has 2 aromatic carbocycles. The summed E-state index contributed by atoms with van der Waals surface area (Å²) in [6.45, 7) is 1.41. The van der Waals surface area contributed by atoms with Crippen LogP contribution in [0.3, 0.4) is 0 Å². The Labute approximate surface area is 119 Å². The zero-order valence-electron chi connectivity index (χ0n) is 11.5. The van der Waals surface area contributed by atoms with Gasteiger partial charge in [0.25, 0.3) is 0 Å². The van der Waals surface area contributed by atoms with Gasteiger partial charge in [0.15, 0.2) is 0 Å². The molecule has 0 aliphatic heterocycles. The van der Waals surface area contributed by atoms with Crippen LogP contribution in [0.25, 0.3) is 0 Å². The highest BCUT2D eigenvalue weighted by Crippen LogP contribution is 2.18. The lowest BCUT2D eigenvalue weighted by molar-refractivity contribution is 0.253. The van der Waals surface area contributed by atoms with Crippen molar-refractivity contribution in [2.75, 3.05) is 13.2 Å². The van der Waals surface area contributed by atoms with Gasteiger partial charge in [-0.2, -0.15) is 0 Å². The van der Waals surface area contributed by atoms with E-state index < -0.39 is 0 Å². The fourth-order valence-corrected chi connectivity index (χ4v) is 1.78. The Bertz CT molecular complexity index is 479. The average molecular weight is 272 g/mol. The minimum absolute atomic E-state index is 0.218. The van der Waals surface area contributed by atoms with E-state index in [1.54, 1.807) is 0 Å². The average Bonchev–Trinajstić information content (AvgIpc) is 2.52. The molecular formula is C17H20O3. The van der Waals surface area contributed by atoms with Gasteiger partial charge in [0, 0.05) is 6.61 Å². The van der Waals surface area contributed by atoms with Crippen molar-refractivity contribution in [3.05, 3.63) is 60.2 Å². The summed E-state index contributed by atoms with van der Waals surface area (Å²) in [5.74, 6) is 1.66. The summed E-state index contributed by atoms with van der Waals surface area (Å²) in [7, 11) is 0. The molecule has 1 N–H and O–H groups in total. The second kappa shape index (κ2) is 8.23. The second-order valence-electron chi connectivity index (χ2n) is 4.52. The van der Waals surface area contributed by atoms with E-state index in [1.807, 2.05) is 54.6 Å². The summed E-state index contributed by atoms with van der Waals surface area (Å²) < 4.78 is 11.3. The number of hydrogen-bond acceptors (Lipinski definition) is 3. The Morgan fingerprint density at radius 3 is 2.05 bits per heavy atom. The first-order chi connectivity index (χ1) is 9.88. The predicted molar refractivity (Wildman–Crippen MR) is 79.0 cm³/mol. The highest BCUT2D eigenvalue weighted by atomic mass is 16.5. The summed E-state index contributed by atoms with van der Waals surface area (Å²) >= 11 is 0. The molecule has 0 saturated heterocycles. The molecule has 20 heavy (non-hydrogen) atoms. The Kier molecular flexibility index (Phi) is 5.93. The smallest absolute Gasteiger partial charge is 0.120 e. The summed E-state index contributed by atoms with van der Waals surface area (Å²) in [5, 5.41) is 8.68. The Morgan fingerprint density at radius 1 is 0.750 bits per heavy atom. The van der Waals surface area contributed by atoms with Crippen molar-refractivity contribution in [3.8, 4) is 11.5 Å². The third-order valence-corrected chi connectivity index (χ3v) is 2.89. The molecule has 3 heteroatoms. The van der Waals surface area contributed by atoms with Crippen molar-refractivity contribution >= 4 is 0 Å². The maximum absolute atomic E-state index is 8.68. The van der Waals surface area contributed by atoms with Gasteiger partial charge in [0.1, 0.15) is 18.1 Å². The molecule has 0 heterocycles. The number of hydrogen-bond donors (Lipinski definition) is 1. The Balaban J connectivity index is 1.76. The van der Waals surface area contributed by atoms with E-state index in [0.29, 0.717) is 13.2 Å². The van der Waals surface area contributed by atoms with Crippen molar-refractivity contribution < 1.29 is 14.6 Å². The van der Waals surface area contributed by atoms with Crippen molar-refractivity contribution in [2.45, 2.75) is 19.4 Å². The van der Waals surface area contributed by atoms with Gasteiger partial charge in [-0.25, -0.2) is 0 Å². The Hall–Kier alpha value is -2.00. The van der Waals surface area contributed by atoms with E-state index in [0.717, 1.165) is 29.9 Å². The topological polar surface area (TPSA) is 38.7 Å². The lowest BCUT2D eigenvalue weighted by atomic mass is 10.2. The van der Waals surface area contributed by atoms with Crippen LogP contribution in [-0.4, -0.2) is 18.3 Å². The highest BCUT2D eigenvalue weighted by molar-refractivity contribution is 5.31. The minimum Gasteiger partial charge on any atom is -0.494 e. The van der Waals surface area contributed by atoms with Crippen LogP contribution in [0.15, 0.2) is 54.6 Å². The van der Waals surface area contributed by atoms with E-state index in [2.05, 4.69) is 0 Å². The van der Waals surface area contributed by atoms with E-state index in [1.165, 1.54) is 0 Å². The molecule has 0 aliphatic rings. The van der Waals surface area contributed by atoms with E-state index in [9.17, 15) is 0 Å². The van der Waals surface area contributed by atoms with Crippen molar-refractivity contribution in [3.63, 3.8) is 0 Å². The minimum atomic E-state index is 0.218. The molecule has 106 valence electrons. The monoisotopic (exact) mass is 272 g/mol. The van der Waals surface area contributed by atoms with E-state index >= 15 is 0 Å². The van der Waals surface area contributed by atoms with Crippen LogP contribution >= 0.6 is 0 Å². The predicted octanol–water partition coefficient (Wildman–Crippen LogP) is 3.42. The van der Waals surface area contributed by atoms with Gasteiger partial charge in [0.05, 0.1) is 6.61 Å². The molecule has 0 radical (unpaired) electrons. The maximum atomic E-state index is 8.68.